The maximum absolute atomic E-state index is 5.83. The van der Waals surface area contributed by atoms with Crippen LogP contribution in [0.4, 0.5) is 0 Å². The van der Waals surface area contributed by atoms with Crippen molar-refractivity contribution in [3.05, 3.63) is 59.4 Å². The molecule has 0 aliphatic rings. The number of aryl methyl sites for hydroxylation is 2. The van der Waals surface area contributed by atoms with Gasteiger partial charge in [0.1, 0.15) is 12.4 Å². The zero-order valence-electron chi connectivity index (χ0n) is 13.7. The van der Waals surface area contributed by atoms with Crippen LogP contribution in [0.25, 0.3) is 0 Å². The lowest BCUT2D eigenvalue weighted by molar-refractivity contribution is 0.322. The van der Waals surface area contributed by atoms with Gasteiger partial charge in [0.15, 0.2) is 5.96 Å². The average molecular weight is 312 g/mol. The second kappa shape index (κ2) is 8.78. The lowest BCUT2D eigenvalue weighted by Crippen LogP contribution is -2.35. The predicted molar refractivity (Wildman–Crippen MR) is 93.8 cm³/mol. The maximum atomic E-state index is 5.83. The number of rotatable bonds is 7. The van der Waals surface area contributed by atoms with E-state index in [1.54, 1.807) is 6.20 Å². The molecule has 1 aromatic heterocycles. The maximum Gasteiger partial charge on any atom is 0.188 e. The Labute approximate surface area is 137 Å². The normalized spacial score (nSPS) is 11.3. The van der Waals surface area contributed by atoms with Crippen molar-refractivity contribution in [3.63, 3.8) is 0 Å². The number of nitrogens with zero attached hydrogens (tertiary/aromatic N) is 2. The molecule has 0 unspecified atom stereocenters. The molecule has 0 fully saturated rings. The van der Waals surface area contributed by atoms with E-state index in [-0.39, 0.29) is 0 Å². The van der Waals surface area contributed by atoms with Gasteiger partial charge in [-0.2, -0.15) is 0 Å². The van der Waals surface area contributed by atoms with Crippen LogP contribution in [0, 0.1) is 13.8 Å². The molecule has 0 saturated carbocycles. The molecule has 1 aromatic carbocycles. The molecule has 0 spiro atoms. The van der Waals surface area contributed by atoms with E-state index >= 15 is 0 Å². The fourth-order valence-corrected chi connectivity index (χ4v) is 2.26. The molecule has 3 N–H and O–H groups in total. The summed E-state index contributed by atoms with van der Waals surface area (Å²) in [5.41, 5.74) is 9.24. The monoisotopic (exact) mass is 312 g/mol. The smallest absolute Gasteiger partial charge is 0.188 e. The fourth-order valence-electron chi connectivity index (χ4n) is 2.26. The Morgan fingerprint density at radius 3 is 2.70 bits per heavy atom. The third-order valence-corrected chi connectivity index (χ3v) is 3.25. The van der Waals surface area contributed by atoms with Gasteiger partial charge in [0, 0.05) is 24.9 Å². The van der Waals surface area contributed by atoms with Crippen LogP contribution in [0.5, 0.6) is 5.75 Å². The highest BCUT2D eigenvalue weighted by Crippen LogP contribution is 2.15. The summed E-state index contributed by atoms with van der Waals surface area (Å²) in [5, 5.41) is 3.05. The van der Waals surface area contributed by atoms with Gasteiger partial charge in [0.05, 0.1) is 6.54 Å². The number of nitrogens with two attached hydrogens (primary N) is 1. The predicted octanol–water partition coefficient (Wildman–Crippen LogP) is 2.22. The molecule has 5 nitrogen and oxygen atoms in total. The van der Waals surface area contributed by atoms with E-state index in [1.807, 2.05) is 30.3 Å². The van der Waals surface area contributed by atoms with Crippen molar-refractivity contribution in [2.45, 2.75) is 20.3 Å². The van der Waals surface area contributed by atoms with E-state index in [1.165, 1.54) is 11.1 Å². The quantitative estimate of drug-likeness (QED) is 0.467. The van der Waals surface area contributed by atoms with Crippen molar-refractivity contribution in [2.24, 2.45) is 10.7 Å². The van der Waals surface area contributed by atoms with Crippen molar-refractivity contribution >= 4 is 5.96 Å². The molecule has 122 valence electrons. The standard InChI is InChI=1S/C18H24N4O/c1-14-11-15(2)13-17(12-14)23-10-9-22-18(19)21-8-6-16-5-3-4-7-20-16/h3-5,7,11-13H,6,8-10H2,1-2H3,(H3,19,21,22). The van der Waals surface area contributed by atoms with E-state index in [0.717, 1.165) is 17.9 Å². The van der Waals surface area contributed by atoms with Crippen molar-refractivity contribution in [2.75, 3.05) is 19.7 Å². The largest absolute Gasteiger partial charge is 0.492 e. The molecular weight excluding hydrogens is 288 g/mol. The van der Waals surface area contributed by atoms with Crippen LogP contribution < -0.4 is 15.8 Å². The summed E-state index contributed by atoms with van der Waals surface area (Å²) < 4.78 is 5.71. The van der Waals surface area contributed by atoms with Gasteiger partial charge >= 0.3 is 0 Å². The van der Waals surface area contributed by atoms with E-state index in [2.05, 4.69) is 35.2 Å². The first-order valence-corrected chi connectivity index (χ1v) is 7.78. The minimum Gasteiger partial charge on any atom is -0.492 e. The van der Waals surface area contributed by atoms with Crippen molar-refractivity contribution < 1.29 is 4.74 Å². The van der Waals surface area contributed by atoms with Crippen molar-refractivity contribution in [1.82, 2.24) is 10.3 Å². The number of guanidine groups is 1. The number of aliphatic imine (C=N–C) groups is 1. The van der Waals surface area contributed by atoms with E-state index < -0.39 is 0 Å². The zero-order chi connectivity index (χ0) is 16.5. The Hall–Kier alpha value is -2.56. The molecular formula is C18H24N4O. The summed E-state index contributed by atoms with van der Waals surface area (Å²) in [5.74, 6) is 1.32. The average Bonchev–Trinajstić information content (AvgIpc) is 2.52. The van der Waals surface area contributed by atoms with Crippen LogP contribution in [0.3, 0.4) is 0 Å². The lowest BCUT2D eigenvalue weighted by atomic mass is 10.1. The number of pyridine rings is 1. The second-order valence-electron chi connectivity index (χ2n) is 5.44. The van der Waals surface area contributed by atoms with E-state index in [9.17, 15) is 0 Å². The Morgan fingerprint density at radius 1 is 1.22 bits per heavy atom. The summed E-state index contributed by atoms with van der Waals surface area (Å²) in [4.78, 5) is 8.53. The Kier molecular flexibility index (Phi) is 6.41. The summed E-state index contributed by atoms with van der Waals surface area (Å²) in [6, 6.07) is 12.0. The third-order valence-electron chi connectivity index (χ3n) is 3.25. The second-order valence-corrected chi connectivity index (χ2v) is 5.44. The van der Waals surface area contributed by atoms with Gasteiger partial charge in [0.2, 0.25) is 0 Å². The summed E-state index contributed by atoms with van der Waals surface area (Å²) >= 11 is 0. The fraction of sp³-hybridized carbons (Fsp3) is 0.333. The van der Waals surface area contributed by atoms with Crippen LogP contribution in [0.2, 0.25) is 0 Å². The first-order chi connectivity index (χ1) is 11.1. The van der Waals surface area contributed by atoms with Crippen LogP contribution in [0.15, 0.2) is 47.6 Å². The van der Waals surface area contributed by atoms with Crippen LogP contribution in [-0.2, 0) is 6.42 Å². The van der Waals surface area contributed by atoms with Gasteiger partial charge in [0.25, 0.3) is 0 Å². The Bertz CT molecular complexity index is 620. The first-order valence-electron chi connectivity index (χ1n) is 7.78. The molecule has 0 amide bonds. The summed E-state index contributed by atoms with van der Waals surface area (Å²) in [6.07, 6.45) is 2.56. The summed E-state index contributed by atoms with van der Waals surface area (Å²) in [7, 11) is 0. The molecule has 2 rings (SSSR count). The lowest BCUT2D eigenvalue weighted by Gasteiger charge is -2.09. The van der Waals surface area contributed by atoms with Gasteiger partial charge in [-0.1, -0.05) is 12.1 Å². The molecule has 2 aromatic rings. The Morgan fingerprint density at radius 2 is 2.00 bits per heavy atom. The van der Waals surface area contributed by atoms with Crippen molar-refractivity contribution in [1.29, 1.82) is 0 Å². The van der Waals surface area contributed by atoms with Gasteiger partial charge in [-0.15, -0.1) is 0 Å². The minimum absolute atomic E-state index is 0.435. The highest BCUT2D eigenvalue weighted by atomic mass is 16.5. The molecule has 5 heteroatoms. The van der Waals surface area contributed by atoms with Crippen LogP contribution in [-0.4, -0.2) is 30.6 Å². The third kappa shape index (κ3) is 6.38. The first kappa shape index (κ1) is 16.8. The minimum atomic E-state index is 0.435. The van der Waals surface area contributed by atoms with Gasteiger partial charge in [-0.05, 0) is 49.2 Å². The summed E-state index contributed by atoms with van der Waals surface area (Å²) in [6.45, 7) is 5.90. The van der Waals surface area contributed by atoms with Crippen LogP contribution in [0.1, 0.15) is 16.8 Å². The van der Waals surface area contributed by atoms with Gasteiger partial charge in [-0.3, -0.25) is 9.98 Å². The number of benzene rings is 1. The molecule has 23 heavy (non-hydrogen) atoms. The molecule has 0 aliphatic carbocycles. The SMILES string of the molecule is Cc1cc(C)cc(OCCNC(N)=NCCc2ccccn2)c1. The van der Waals surface area contributed by atoms with Gasteiger partial charge < -0.3 is 15.8 Å². The molecule has 0 atom stereocenters. The number of hydrogen-bond donors (Lipinski definition) is 2. The highest BCUT2D eigenvalue weighted by Gasteiger charge is 1.98. The highest BCUT2D eigenvalue weighted by molar-refractivity contribution is 5.77. The van der Waals surface area contributed by atoms with Gasteiger partial charge in [-0.25, -0.2) is 0 Å². The van der Waals surface area contributed by atoms with E-state index in [0.29, 0.717) is 25.7 Å². The van der Waals surface area contributed by atoms with E-state index in [4.69, 9.17) is 10.5 Å². The number of nitrogens with one attached hydrogen (secondary N) is 1. The molecule has 0 aliphatic heterocycles. The zero-order valence-corrected chi connectivity index (χ0v) is 13.7. The topological polar surface area (TPSA) is 72.5 Å². The molecule has 1 heterocycles. The molecule has 0 bridgehead atoms. The van der Waals surface area contributed by atoms with Crippen molar-refractivity contribution in [3.8, 4) is 5.75 Å². The van der Waals surface area contributed by atoms with Crippen LogP contribution >= 0.6 is 0 Å². The molecule has 0 radical (unpaired) electrons. The number of hydrogen-bond acceptors (Lipinski definition) is 3. The Balaban J connectivity index is 1.66. The number of ether oxygens (including phenoxy) is 1. The molecule has 0 saturated heterocycles. The number of aromatic nitrogens is 1.